The van der Waals surface area contributed by atoms with Crippen molar-refractivity contribution in [2.45, 2.75) is 69.1 Å². The van der Waals surface area contributed by atoms with E-state index in [1.54, 1.807) is 29.3 Å². The molecular formula is C18H36O2PtSi. The van der Waals surface area contributed by atoms with Gasteiger partial charge in [-0.3, -0.25) is 0 Å². The van der Waals surface area contributed by atoms with Gasteiger partial charge < -0.3 is 0 Å². The maximum absolute atomic E-state index is 5.65. The second-order valence-electron chi connectivity index (χ2n) is 7.31. The van der Waals surface area contributed by atoms with Crippen molar-refractivity contribution in [3.8, 4) is 0 Å². The van der Waals surface area contributed by atoms with Gasteiger partial charge in [0, 0.05) is 0 Å². The molecule has 0 bridgehead atoms. The van der Waals surface area contributed by atoms with Crippen molar-refractivity contribution in [1.82, 2.24) is 0 Å². The van der Waals surface area contributed by atoms with Crippen LogP contribution in [0, 0.1) is 5.41 Å². The molecule has 0 aliphatic heterocycles. The molecule has 1 atom stereocenters. The van der Waals surface area contributed by atoms with Crippen molar-refractivity contribution in [1.29, 1.82) is 0 Å². The van der Waals surface area contributed by atoms with E-state index >= 15 is 0 Å². The molecule has 0 aromatic carbocycles. The van der Waals surface area contributed by atoms with Crippen LogP contribution in [0.2, 0.25) is 28.5 Å². The van der Waals surface area contributed by atoms with E-state index < -0.39 is 24.6 Å². The average Bonchev–Trinajstić information content (AvgIpc) is 2.59. The van der Waals surface area contributed by atoms with E-state index in [2.05, 4.69) is 50.2 Å². The van der Waals surface area contributed by atoms with Gasteiger partial charge >= 0.3 is 143 Å². The summed E-state index contributed by atoms with van der Waals surface area (Å²) in [6.45, 7) is 11.7. The quantitative estimate of drug-likeness (QED) is 0.390. The van der Waals surface area contributed by atoms with Crippen LogP contribution in [0.5, 0.6) is 0 Å². The van der Waals surface area contributed by atoms with Crippen molar-refractivity contribution in [3.63, 3.8) is 0 Å². The van der Waals surface area contributed by atoms with E-state index in [9.17, 15) is 0 Å². The second kappa shape index (κ2) is 7.05. The van der Waals surface area contributed by atoms with E-state index in [1.165, 1.54) is 18.4 Å². The molecule has 0 fully saturated rings. The van der Waals surface area contributed by atoms with Gasteiger partial charge in [-0.1, -0.05) is 0 Å². The van der Waals surface area contributed by atoms with E-state index in [-0.39, 0.29) is 5.41 Å². The zero-order chi connectivity index (χ0) is 17.3. The molecule has 0 N–H and O–H groups in total. The summed E-state index contributed by atoms with van der Waals surface area (Å²) >= 11 is -1.79. The Balaban J connectivity index is 3.00. The molecule has 1 unspecified atom stereocenters. The molecule has 1 aliphatic rings. The van der Waals surface area contributed by atoms with Crippen molar-refractivity contribution in [2.24, 2.45) is 5.41 Å². The normalized spacial score (nSPS) is 24.5. The van der Waals surface area contributed by atoms with E-state index in [1.807, 2.05) is 0 Å². The third-order valence-corrected chi connectivity index (χ3v) is 13.9. The average molecular weight is 508 g/mol. The van der Waals surface area contributed by atoms with E-state index in [0.29, 0.717) is 0 Å². The zero-order valence-corrected chi connectivity index (χ0v) is 19.5. The van der Waals surface area contributed by atoms with Gasteiger partial charge in [0.2, 0.25) is 0 Å². The second-order valence-corrected chi connectivity index (χ2v) is 22.3. The molecule has 0 aromatic heterocycles. The number of allylic oxidation sites excluding steroid dienone is 4. The van der Waals surface area contributed by atoms with Gasteiger partial charge in [-0.2, -0.15) is 0 Å². The molecule has 0 amide bonds. The molecule has 0 saturated carbocycles. The third-order valence-electron chi connectivity index (χ3n) is 5.35. The number of hydrogen-bond acceptors (Lipinski definition) is 2. The van der Waals surface area contributed by atoms with E-state index in [4.69, 9.17) is 8.85 Å². The van der Waals surface area contributed by atoms with Crippen LogP contribution in [0.1, 0.15) is 40.5 Å². The van der Waals surface area contributed by atoms with Gasteiger partial charge in [0.05, 0.1) is 0 Å². The fourth-order valence-electron chi connectivity index (χ4n) is 3.63. The van der Waals surface area contributed by atoms with Gasteiger partial charge in [-0.15, -0.1) is 0 Å². The SMILES string of the molecule is CO[Si](C)(CCCC1(C)C(C)=C(C)C(C)=[C]1[Pt]([CH3])([CH3])[CH3])OC. The van der Waals surface area contributed by atoms with Crippen molar-refractivity contribution in [3.05, 3.63) is 20.7 Å². The number of rotatable bonds is 7. The summed E-state index contributed by atoms with van der Waals surface area (Å²) < 4.78 is 13.1. The minimum absolute atomic E-state index is 0.264. The van der Waals surface area contributed by atoms with Crippen LogP contribution in [0.3, 0.4) is 0 Å². The minimum atomic E-state index is -1.94. The Bertz CT molecular complexity index is 484. The first kappa shape index (κ1) is 20.4. The first-order chi connectivity index (χ1) is 9.93. The molecule has 2 nitrogen and oxygen atoms in total. The van der Waals surface area contributed by atoms with Crippen LogP contribution in [0.4, 0.5) is 0 Å². The van der Waals surface area contributed by atoms with Crippen LogP contribution >= 0.6 is 0 Å². The predicted molar refractivity (Wildman–Crippen MR) is 96.5 cm³/mol. The number of hydrogen-bond donors (Lipinski definition) is 0. The third kappa shape index (κ3) is 3.86. The summed E-state index contributed by atoms with van der Waals surface area (Å²) in [6.07, 6.45) is 2.40. The Morgan fingerprint density at radius 2 is 1.50 bits per heavy atom. The van der Waals surface area contributed by atoms with Gasteiger partial charge in [-0.25, -0.2) is 0 Å². The van der Waals surface area contributed by atoms with Crippen molar-refractivity contribution < 1.29 is 24.9 Å². The molecule has 0 spiro atoms. The van der Waals surface area contributed by atoms with Crippen LogP contribution < -0.4 is 0 Å². The maximum atomic E-state index is 5.65. The fraction of sp³-hybridized carbons (Fsp3) is 0.778. The topological polar surface area (TPSA) is 18.5 Å². The summed E-state index contributed by atoms with van der Waals surface area (Å²) in [5.74, 6) is 0. The molecule has 0 saturated heterocycles. The van der Waals surface area contributed by atoms with Crippen LogP contribution in [-0.4, -0.2) is 22.8 Å². The predicted octanol–water partition coefficient (Wildman–Crippen LogP) is 6.06. The standard InChI is InChI=1S/C15H27O2Si.3CH3.Pt/c1-12-11-15(4,14(3)13(12)2)9-8-10-18(7,16-5)17-6;;;;/h8-10H2,1-7H3;3*1H3;. The Morgan fingerprint density at radius 1 is 1.00 bits per heavy atom. The molecule has 22 heavy (non-hydrogen) atoms. The monoisotopic (exact) mass is 507 g/mol. The molecule has 0 radical (unpaired) electrons. The summed E-state index contributed by atoms with van der Waals surface area (Å²) in [5.41, 5.74) is 4.98. The van der Waals surface area contributed by atoms with Gasteiger partial charge in [0.25, 0.3) is 0 Å². The molecule has 0 heterocycles. The van der Waals surface area contributed by atoms with Crippen LogP contribution in [0.25, 0.3) is 0 Å². The zero-order valence-electron chi connectivity index (χ0n) is 16.3. The Kier molecular flexibility index (Phi) is 6.52. The summed E-state index contributed by atoms with van der Waals surface area (Å²) in [4.78, 5) is 0. The Morgan fingerprint density at radius 3 is 1.91 bits per heavy atom. The first-order valence-electron chi connectivity index (χ1n) is 7.79. The first-order valence-corrected chi connectivity index (χ1v) is 18.3. The summed E-state index contributed by atoms with van der Waals surface area (Å²) in [6, 6.07) is 1.07. The molecule has 1 rings (SSSR count). The summed E-state index contributed by atoms with van der Waals surface area (Å²) in [5, 5.41) is 7.58. The molecular weight excluding hydrogens is 471 g/mol. The van der Waals surface area contributed by atoms with E-state index in [0.717, 1.165) is 6.04 Å². The van der Waals surface area contributed by atoms with Gasteiger partial charge in [0.15, 0.2) is 0 Å². The summed E-state index contributed by atoms with van der Waals surface area (Å²) in [7, 11) is 1.64. The van der Waals surface area contributed by atoms with Crippen molar-refractivity contribution >= 4 is 8.56 Å². The molecule has 1 aliphatic carbocycles. The van der Waals surface area contributed by atoms with Crippen LogP contribution in [0.15, 0.2) is 20.7 Å². The molecule has 4 heteroatoms. The van der Waals surface area contributed by atoms with Gasteiger partial charge in [0.1, 0.15) is 0 Å². The molecule has 0 aromatic rings. The van der Waals surface area contributed by atoms with Crippen LogP contribution in [-0.2, 0) is 24.9 Å². The molecule has 134 valence electrons. The van der Waals surface area contributed by atoms with Gasteiger partial charge in [-0.05, 0) is 0 Å². The fourth-order valence-corrected chi connectivity index (χ4v) is 12.5. The Hall–Kier alpha value is 0.305. The van der Waals surface area contributed by atoms with Crippen molar-refractivity contribution in [2.75, 3.05) is 14.2 Å². The Labute approximate surface area is 142 Å².